The number of fused-ring (bicyclic) bond motifs is 1. The first-order chi connectivity index (χ1) is 6.52. The molecule has 0 amide bonds. The quantitative estimate of drug-likeness (QED) is 0.789. The van der Waals surface area contributed by atoms with E-state index in [1.165, 1.54) is 18.4 Å². The molecule has 0 spiro atoms. The Bertz CT molecular complexity index is 623. The van der Waals surface area contributed by atoms with Crippen LogP contribution in [-0.2, 0) is 7.05 Å². The van der Waals surface area contributed by atoms with Crippen LogP contribution in [0.1, 0.15) is 4.88 Å². The minimum Gasteiger partial charge on any atom is -0.305 e. The molecule has 0 saturated heterocycles. The number of halogens is 1. The molecular weight excluding hydrogens is 268 g/mol. The van der Waals surface area contributed by atoms with Crippen molar-refractivity contribution in [2.75, 3.05) is 0 Å². The van der Waals surface area contributed by atoms with E-state index in [1.54, 1.807) is 0 Å². The van der Waals surface area contributed by atoms with Gasteiger partial charge in [0.2, 0.25) is 0 Å². The van der Waals surface area contributed by atoms with Gasteiger partial charge in [0.15, 0.2) is 0 Å². The maximum absolute atomic E-state index is 11.6. The first-order valence-electron chi connectivity index (χ1n) is 3.90. The maximum atomic E-state index is 11.6. The van der Waals surface area contributed by atoms with Gasteiger partial charge < -0.3 is 4.98 Å². The van der Waals surface area contributed by atoms with E-state index in [0.717, 1.165) is 13.9 Å². The number of nitrogens with zero attached hydrogens (tertiary/aromatic N) is 1. The maximum Gasteiger partial charge on any atom is 0.328 e. The summed E-state index contributed by atoms with van der Waals surface area (Å²) < 4.78 is 2.45. The van der Waals surface area contributed by atoms with Gasteiger partial charge in [-0.2, -0.15) is 0 Å². The van der Waals surface area contributed by atoms with Crippen LogP contribution in [0.25, 0.3) is 10.2 Å². The number of rotatable bonds is 0. The van der Waals surface area contributed by atoms with Crippen molar-refractivity contribution in [3.63, 3.8) is 0 Å². The van der Waals surface area contributed by atoms with E-state index in [1.807, 2.05) is 6.92 Å². The monoisotopic (exact) mass is 274 g/mol. The standard InChI is InChI=1S/C8H7BrN2O2S/c1-3-4(9)5-6(14-3)7(12)11(2)8(13)10-5/h1-2H3,(H,10,13). The second kappa shape index (κ2) is 3.06. The smallest absolute Gasteiger partial charge is 0.305 e. The minimum absolute atomic E-state index is 0.248. The zero-order chi connectivity index (χ0) is 10.5. The Morgan fingerprint density at radius 2 is 2.07 bits per heavy atom. The lowest BCUT2D eigenvalue weighted by Crippen LogP contribution is -2.31. The topological polar surface area (TPSA) is 54.9 Å². The van der Waals surface area contributed by atoms with Crippen LogP contribution in [0.15, 0.2) is 14.1 Å². The molecule has 2 rings (SSSR count). The van der Waals surface area contributed by atoms with Crippen LogP contribution >= 0.6 is 27.3 Å². The fraction of sp³-hybridized carbons (Fsp3) is 0.250. The Morgan fingerprint density at radius 3 is 2.71 bits per heavy atom. The molecule has 0 aromatic carbocycles. The number of thiophene rings is 1. The third-order valence-corrected chi connectivity index (χ3v) is 4.39. The molecule has 2 heterocycles. The van der Waals surface area contributed by atoms with Gasteiger partial charge in [-0.05, 0) is 22.9 Å². The fourth-order valence-electron chi connectivity index (χ4n) is 1.22. The summed E-state index contributed by atoms with van der Waals surface area (Å²) >= 11 is 4.71. The van der Waals surface area contributed by atoms with Crippen LogP contribution < -0.4 is 11.2 Å². The van der Waals surface area contributed by atoms with Crippen LogP contribution in [-0.4, -0.2) is 9.55 Å². The Balaban J connectivity index is 3.14. The zero-order valence-electron chi connectivity index (χ0n) is 7.55. The molecule has 6 heteroatoms. The van der Waals surface area contributed by atoms with Crippen LogP contribution in [0.4, 0.5) is 0 Å². The molecule has 2 aromatic heterocycles. The Kier molecular flexibility index (Phi) is 2.11. The SMILES string of the molecule is Cc1sc2c(=O)n(C)c(=O)[nH]c2c1Br. The van der Waals surface area contributed by atoms with E-state index in [2.05, 4.69) is 20.9 Å². The normalized spacial score (nSPS) is 11.1. The third kappa shape index (κ3) is 1.18. The van der Waals surface area contributed by atoms with Gasteiger partial charge in [0.25, 0.3) is 5.56 Å². The van der Waals surface area contributed by atoms with Crippen LogP contribution in [0.5, 0.6) is 0 Å². The molecule has 0 atom stereocenters. The first kappa shape index (κ1) is 9.67. The van der Waals surface area contributed by atoms with E-state index < -0.39 is 0 Å². The highest BCUT2D eigenvalue weighted by atomic mass is 79.9. The molecule has 0 bridgehead atoms. The average molecular weight is 275 g/mol. The van der Waals surface area contributed by atoms with E-state index in [-0.39, 0.29) is 11.2 Å². The van der Waals surface area contributed by atoms with Crippen molar-refractivity contribution in [1.82, 2.24) is 9.55 Å². The van der Waals surface area contributed by atoms with E-state index in [0.29, 0.717) is 10.2 Å². The fourth-order valence-corrected chi connectivity index (χ4v) is 2.87. The Hall–Kier alpha value is -0.880. The van der Waals surface area contributed by atoms with E-state index >= 15 is 0 Å². The molecule has 74 valence electrons. The summed E-state index contributed by atoms with van der Waals surface area (Å²) in [6.07, 6.45) is 0. The van der Waals surface area contributed by atoms with Crippen molar-refractivity contribution in [3.8, 4) is 0 Å². The van der Waals surface area contributed by atoms with Gasteiger partial charge in [-0.15, -0.1) is 11.3 Å². The summed E-state index contributed by atoms with van der Waals surface area (Å²) in [6, 6.07) is 0. The molecule has 1 N–H and O–H groups in total. The lowest BCUT2D eigenvalue weighted by Gasteiger charge is -1.95. The molecule has 0 saturated carbocycles. The zero-order valence-corrected chi connectivity index (χ0v) is 9.95. The van der Waals surface area contributed by atoms with Crippen molar-refractivity contribution in [3.05, 3.63) is 30.2 Å². The summed E-state index contributed by atoms with van der Waals surface area (Å²) in [4.78, 5) is 26.6. The molecule has 0 aliphatic heterocycles. The van der Waals surface area contributed by atoms with Gasteiger partial charge in [-0.3, -0.25) is 9.36 Å². The molecular formula is C8H7BrN2O2S. The predicted octanol–water partition coefficient (Wildman–Crippen LogP) is 1.36. The van der Waals surface area contributed by atoms with Crippen molar-refractivity contribution in [1.29, 1.82) is 0 Å². The van der Waals surface area contributed by atoms with Crippen molar-refractivity contribution in [2.24, 2.45) is 7.05 Å². The number of nitrogens with one attached hydrogen (secondary N) is 1. The number of hydrogen-bond donors (Lipinski definition) is 1. The molecule has 0 aliphatic carbocycles. The Labute approximate surface area is 91.3 Å². The number of aromatic amines is 1. The largest absolute Gasteiger partial charge is 0.328 e. The number of aromatic nitrogens is 2. The highest BCUT2D eigenvalue weighted by molar-refractivity contribution is 9.10. The van der Waals surface area contributed by atoms with Gasteiger partial charge in [0, 0.05) is 11.9 Å². The predicted molar refractivity (Wildman–Crippen MR) is 60.1 cm³/mol. The van der Waals surface area contributed by atoms with Crippen molar-refractivity contribution in [2.45, 2.75) is 6.92 Å². The first-order valence-corrected chi connectivity index (χ1v) is 5.51. The molecule has 0 radical (unpaired) electrons. The molecule has 2 aromatic rings. The van der Waals surface area contributed by atoms with Crippen LogP contribution in [0.2, 0.25) is 0 Å². The van der Waals surface area contributed by atoms with Crippen LogP contribution in [0.3, 0.4) is 0 Å². The van der Waals surface area contributed by atoms with Gasteiger partial charge in [0.05, 0.1) is 9.99 Å². The number of H-pyrrole nitrogens is 1. The van der Waals surface area contributed by atoms with Gasteiger partial charge in [-0.1, -0.05) is 0 Å². The molecule has 4 nitrogen and oxygen atoms in total. The number of aryl methyl sites for hydroxylation is 1. The summed E-state index contributed by atoms with van der Waals surface area (Å²) in [6.45, 7) is 1.90. The van der Waals surface area contributed by atoms with Crippen molar-refractivity contribution < 1.29 is 0 Å². The van der Waals surface area contributed by atoms with E-state index in [9.17, 15) is 9.59 Å². The number of hydrogen-bond acceptors (Lipinski definition) is 3. The van der Waals surface area contributed by atoms with Crippen molar-refractivity contribution >= 4 is 37.5 Å². The third-order valence-electron chi connectivity index (χ3n) is 2.05. The summed E-state index contributed by atoms with van der Waals surface area (Å²) in [7, 11) is 1.46. The summed E-state index contributed by atoms with van der Waals surface area (Å²) in [5, 5.41) is 0. The molecule has 0 fully saturated rings. The highest BCUT2D eigenvalue weighted by Crippen LogP contribution is 2.30. The molecule has 0 unspecified atom stereocenters. The molecule has 14 heavy (non-hydrogen) atoms. The second-order valence-electron chi connectivity index (χ2n) is 2.97. The summed E-state index contributed by atoms with van der Waals surface area (Å²) in [5.74, 6) is 0. The Morgan fingerprint density at radius 1 is 1.43 bits per heavy atom. The highest BCUT2D eigenvalue weighted by Gasteiger charge is 2.12. The van der Waals surface area contributed by atoms with E-state index in [4.69, 9.17) is 0 Å². The van der Waals surface area contributed by atoms with Gasteiger partial charge in [-0.25, -0.2) is 4.79 Å². The average Bonchev–Trinajstić information content (AvgIpc) is 2.42. The minimum atomic E-state index is -0.388. The lowest BCUT2D eigenvalue weighted by atomic mass is 10.4. The van der Waals surface area contributed by atoms with Gasteiger partial charge >= 0.3 is 5.69 Å². The summed E-state index contributed by atoms with van der Waals surface area (Å²) in [5.41, 5.74) is -0.0378. The van der Waals surface area contributed by atoms with Gasteiger partial charge in [0.1, 0.15) is 4.70 Å². The second-order valence-corrected chi connectivity index (χ2v) is 4.99. The lowest BCUT2D eigenvalue weighted by molar-refractivity contribution is 0.795. The molecule has 0 aliphatic rings. The van der Waals surface area contributed by atoms with Crippen LogP contribution in [0, 0.1) is 6.92 Å².